The lowest BCUT2D eigenvalue weighted by Gasteiger charge is -2.33. The van der Waals surface area contributed by atoms with Gasteiger partial charge in [-0.25, -0.2) is 4.98 Å². The molecular weight excluding hydrogens is 452 g/mol. The molecule has 0 unspecified atom stereocenters. The highest BCUT2D eigenvalue weighted by Crippen LogP contribution is 2.33. The van der Waals surface area contributed by atoms with Crippen LogP contribution in [0.5, 0.6) is 0 Å². The van der Waals surface area contributed by atoms with Gasteiger partial charge >= 0.3 is 0 Å². The molecule has 2 fully saturated rings. The van der Waals surface area contributed by atoms with Gasteiger partial charge in [-0.15, -0.1) is 0 Å². The number of thiocarbonyl (C=S) groups is 1. The van der Waals surface area contributed by atoms with Crippen LogP contribution in [0.3, 0.4) is 0 Å². The van der Waals surface area contributed by atoms with E-state index in [1.165, 1.54) is 26.6 Å². The highest BCUT2D eigenvalue weighted by Gasteiger charge is 2.30. The normalized spacial score (nSPS) is 18.6. The quantitative estimate of drug-likeness (QED) is 0.419. The number of aromatic nitrogens is 2. The third kappa shape index (κ3) is 4.32. The van der Waals surface area contributed by atoms with E-state index in [9.17, 15) is 9.59 Å². The molecule has 168 valence electrons. The molecule has 0 saturated carbocycles. The maximum absolute atomic E-state index is 13.4. The van der Waals surface area contributed by atoms with Crippen molar-refractivity contribution in [2.45, 2.75) is 19.3 Å². The number of nitrogens with zero attached hydrogens (tertiary/aromatic N) is 4. The van der Waals surface area contributed by atoms with Gasteiger partial charge in [0.1, 0.15) is 15.8 Å². The molecule has 2 aliphatic rings. The zero-order valence-corrected chi connectivity index (χ0v) is 19.9. The van der Waals surface area contributed by atoms with Crippen LogP contribution >= 0.6 is 24.0 Å². The Labute approximate surface area is 201 Å². The largest absolute Gasteiger partial charge is 0.356 e. The molecule has 2 aromatic heterocycles. The van der Waals surface area contributed by atoms with Crippen LogP contribution in [0.15, 0.2) is 64.4 Å². The Morgan fingerprint density at radius 3 is 2.52 bits per heavy atom. The molecule has 0 aliphatic carbocycles. The van der Waals surface area contributed by atoms with E-state index in [-0.39, 0.29) is 11.5 Å². The Morgan fingerprint density at radius 2 is 1.82 bits per heavy atom. The van der Waals surface area contributed by atoms with Crippen molar-refractivity contribution in [2.24, 2.45) is 5.92 Å². The Kier molecular flexibility index (Phi) is 6.03. The minimum Gasteiger partial charge on any atom is -0.356 e. The fourth-order valence-corrected chi connectivity index (χ4v) is 5.59. The molecule has 5 rings (SSSR count). The highest BCUT2D eigenvalue weighted by atomic mass is 32.2. The number of rotatable bonds is 4. The maximum atomic E-state index is 13.4. The van der Waals surface area contributed by atoms with Crippen LogP contribution in [-0.4, -0.2) is 44.6 Å². The van der Waals surface area contributed by atoms with E-state index in [2.05, 4.69) is 29.2 Å². The summed E-state index contributed by atoms with van der Waals surface area (Å²) >= 11 is 6.49. The molecule has 2 aliphatic heterocycles. The first-order chi connectivity index (χ1) is 16.0. The number of benzene rings is 1. The number of carbonyl (C=O) groups is 1. The van der Waals surface area contributed by atoms with Gasteiger partial charge < -0.3 is 4.90 Å². The second kappa shape index (κ2) is 9.11. The second-order valence-electron chi connectivity index (χ2n) is 8.44. The molecule has 1 amide bonds. The molecular formula is C25H24N4O2S2. The molecule has 1 aromatic carbocycles. The zero-order chi connectivity index (χ0) is 22.9. The van der Waals surface area contributed by atoms with Crippen LogP contribution in [0.25, 0.3) is 11.7 Å². The minimum absolute atomic E-state index is 0.177. The lowest BCUT2D eigenvalue weighted by Crippen LogP contribution is -2.37. The molecule has 3 aromatic rings. The third-order valence-corrected chi connectivity index (χ3v) is 7.78. The summed E-state index contributed by atoms with van der Waals surface area (Å²) in [7, 11) is 1.66. The van der Waals surface area contributed by atoms with Crippen molar-refractivity contribution in [2.75, 3.05) is 25.0 Å². The number of pyridine rings is 1. The summed E-state index contributed by atoms with van der Waals surface area (Å²) in [5.41, 5.74) is 2.22. The predicted octanol–water partition coefficient (Wildman–Crippen LogP) is 3.98. The van der Waals surface area contributed by atoms with Crippen LogP contribution in [0.4, 0.5) is 5.82 Å². The van der Waals surface area contributed by atoms with Crippen LogP contribution in [-0.2, 0) is 11.2 Å². The Bertz CT molecular complexity index is 1310. The van der Waals surface area contributed by atoms with E-state index in [0.717, 1.165) is 32.4 Å². The molecule has 0 spiro atoms. The van der Waals surface area contributed by atoms with Gasteiger partial charge in [-0.05, 0) is 49.0 Å². The van der Waals surface area contributed by atoms with E-state index in [0.29, 0.717) is 32.2 Å². The lowest BCUT2D eigenvalue weighted by atomic mass is 9.90. The van der Waals surface area contributed by atoms with E-state index in [4.69, 9.17) is 17.2 Å². The number of thioether (sulfide) groups is 1. The Balaban J connectivity index is 1.48. The van der Waals surface area contributed by atoms with Gasteiger partial charge in [0.15, 0.2) is 0 Å². The summed E-state index contributed by atoms with van der Waals surface area (Å²) in [6.07, 6.45) is 6.50. The highest BCUT2D eigenvalue weighted by molar-refractivity contribution is 8.26. The van der Waals surface area contributed by atoms with Gasteiger partial charge in [-0.3, -0.25) is 18.9 Å². The van der Waals surface area contributed by atoms with E-state index < -0.39 is 0 Å². The van der Waals surface area contributed by atoms with Gasteiger partial charge in [0.05, 0.1) is 10.5 Å². The van der Waals surface area contributed by atoms with Crippen LogP contribution in [0.1, 0.15) is 24.0 Å². The van der Waals surface area contributed by atoms with Crippen molar-refractivity contribution in [3.63, 3.8) is 0 Å². The fourth-order valence-electron chi connectivity index (χ4n) is 4.43. The van der Waals surface area contributed by atoms with Crippen molar-refractivity contribution in [3.05, 3.63) is 81.1 Å². The Hall–Kier alpha value is -2.97. The second-order valence-corrected chi connectivity index (χ2v) is 10.1. The number of likely N-dealkylation sites (N-methyl/N-ethyl adjacent to an activating group) is 1. The van der Waals surface area contributed by atoms with E-state index in [1.807, 2.05) is 18.2 Å². The van der Waals surface area contributed by atoms with E-state index >= 15 is 0 Å². The van der Waals surface area contributed by atoms with E-state index in [1.54, 1.807) is 25.4 Å². The molecule has 0 N–H and O–H groups in total. The first-order valence-corrected chi connectivity index (χ1v) is 12.3. The molecule has 0 radical (unpaired) electrons. The Morgan fingerprint density at radius 1 is 1.09 bits per heavy atom. The number of hydrogen-bond acceptors (Lipinski definition) is 6. The van der Waals surface area contributed by atoms with Gasteiger partial charge in [0.2, 0.25) is 0 Å². The summed E-state index contributed by atoms with van der Waals surface area (Å²) in [6.45, 7) is 1.64. The zero-order valence-electron chi connectivity index (χ0n) is 18.3. The van der Waals surface area contributed by atoms with Crippen LogP contribution in [0.2, 0.25) is 0 Å². The molecule has 2 saturated heterocycles. The number of amides is 1. The number of carbonyl (C=O) groups excluding carboxylic acids is 1. The van der Waals surface area contributed by atoms with Crippen LogP contribution in [0, 0.1) is 5.92 Å². The molecule has 6 nitrogen and oxygen atoms in total. The van der Waals surface area contributed by atoms with Crippen molar-refractivity contribution in [1.29, 1.82) is 0 Å². The summed E-state index contributed by atoms with van der Waals surface area (Å²) < 4.78 is 2.02. The first kappa shape index (κ1) is 21.9. The van der Waals surface area contributed by atoms with Crippen molar-refractivity contribution >= 4 is 51.7 Å². The van der Waals surface area contributed by atoms with Gasteiger partial charge in [-0.2, -0.15) is 0 Å². The summed E-state index contributed by atoms with van der Waals surface area (Å²) in [6, 6.07) is 16.1. The van der Waals surface area contributed by atoms with Gasteiger partial charge in [0, 0.05) is 26.3 Å². The van der Waals surface area contributed by atoms with Gasteiger partial charge in [-0.1, -0.05) is 60.4 Å². The fraction of sp³-hybridized carbons (Fsp3) is 0.280. The summed E-state index contributed by atoms with van der Waals surface area (Å²) in [5.74, 6) is 1.06. The molecule has 4 heterocycles. The maximum Gasteiger partial charge on any atom is 0.267 e. The average Bonchev–Trinajstić information content (AvgIpc) is 3.08. The SMILES string of the molecule is CN1C(=O)C(=Cc2c(N3CCC(Cc4ccccc4)CC3)nc3ccccn3c2=O)SC1=S. The third-order valence-electron chi connectivity index (χ3n) is 6.29. The smallest absolute Gasteiger partial charge is 0.267 e. The van der Waals surface area contributed by atoms with Crippen LogP contribution < -0.4 is 10.5 Å². The molecule has 33 heavy (non-hydrogen) atoms. The van der Waals surface area contributed by atoms with Crippen molar-refractivity contribution in [3.8, 4) is 0 Å². The lowest BCUT2D eigenvalue weighted by molar-refractivity contribution is -0.121. The van der Waals surface area contributed by atoms with Crippen molar-refractivity contribution in [1.82, 2.24) is 14.3 Å². The predicted molar refractivity (Wildman–Crippen MR) is 137 cm³/mol. The van der Waals surface area contributed by atoms with Crippen molar-refractivity contribution < 1.29 is 4.79 Å². The number of piperidine rings is 1. The monoisotopic (exact) mass is 476 g/mol. The molecule has 0 bridgehead atoms. The minimum atomic E-state index is -0.185. The summed E-state index contributed by atoms with van der Waals surface area (Å²) in [4.78, 5) is 35.0. The number of hydrogen-bond donors (Lipinski definition) is 0. The topological polar surface area (TPSA) is 57.9 Å². The first-order valence-electron chi connectivity index (χ1n) is 11.0. The number of anilines is 1. The number of fused-ring (bicyclic) bond motifs is 1. The standard InChI is InChI=1S/C25H24N4O2S2/c1-27-24(31)20(33-25(27)32)16-19-22(26-21-9-5-6-12-29(21)23(19)30)28-13-10-18(11-14-28)15-17-7-3-2-4-8-17/h2-9,12,16,18H,10-11,13-15H2,1H3. The molecule has 0 atom stereocenters. The van der Waals surface area contributed by atoms with Gasteiger partial charge in [0.25, 0.3) is 11.5 Å². The average molecular weight is 477 g/mol. The summed E-state index contributed by atoms with van der Waals surface area (Å²) in [5, 5.41) is 0. The molecule has 8 heteroatoms.